The van der Waals surface area contributed by atoms with Crippen molar-refractivity contribution in [3.63, 3.8) is 0 Å². The summed E-state index contributed by atoms with van der Waals surface area (Å²) < 4.78 is 80.3. The van der Waals surface area contributed by atoms with E-state index in [1.807, 2.05) is 32.9 Å². The highest BCUT2D eigenvalue weighted by molar-refractivity contribution is 6.31. The first-order valence-electron chi connectivity index (χ1n) is 31.0. The van der Waals surface area contributed by atoms with Gasteiger partial charge in [-0.1, -0.05) is 106 Å². The Morgan fingerprint density at radius 2 is 0.891 bits per heavy atom. The van der Waals surface area contributed by atoms with E-state index in [0.29, 0.717) is 83.8 Å². The molecular formula is C72H78Cl3F6N15O5. The summed E-state index contributed by atoms with van der Waals surface area (Å²) in [4.78, 5) is 57.1. The normalized spacial score (nSPS) is 12.4. The second-order valence-electron chi connectivity index (χ2n) is 22.1. The van der Waals surface area contributed by atoms with E-state index in [4.69, 9.17) is 40.5 Å². The number of nitro groups is 1. The molecule has 0 saturated heterocycles. The maximum absolute atomic E-state index is 13.4. The molecule has 101 heavy (non-hydrogen) atoms. The Morgan fingerprint density at radius 3 is 1.29 bits per heavy atom. The van der Waals surface area contributed by atoms with Crippen LogP contribution in [0.1, 0.15) is 155 Å². The van der Waals surface area contributed by atoms with Crippen LogP contribution in [-0.2, 0) is 4.79 Å². The summed E-state index contributed by atoms with van der Waals surface area (Å²) in [6.45, 7) is 23.0. The van der Waals surface area contributed by atoms with Gasteiger partial charge in [-0.05, 0) is 105 Å². The van der Waals surface area contributed by atoms with Crippen molar-refractivity contribution in [3.05, 3.63) is 264 Å². The molecule has 0 saturated carbocycles. The van der Waals surface area contributed by atoms with Gasteiger partial charge in [-0.25, -0.2) is 9.36 Å². The lowest BCUT2D eigenvalue weighted by Gasteiger charge is -2.14. The number of amides is 1. The molecule has 534 valence electrons. The summed E-state index contributed by atoms with van der Waals surface area (Å²) in [5, 5.41) is 35.7. The van der Waals surface area contributed by atoms with Crippen LogP contribution in [0.4, 0.5) is 43.4 Å². The second-order valence-corrected chi connectivity index (χ2v) is 23.4. The summed E-state index contributed by atoms with van der Waals surface area (Å²) in [6.07, 6.45) is 26.6. The lowest BCUT2D eigenvalue weighted by Crippen LogP contribution is -2.19. The Balaban J connectivity index is 0.000000266. The second kappa shape index (κ2) is 42.6. The number of nitrogens with two attached hydrogens (primary N) is 1. The number of aliphatic hydroxyl groups is 1. The first-order valence-corrected chi connectivity index (χ1v) is 32.1. The van der Waals surface area contributed by atoms with Crippen molar-refractivity contribution >= 4 is 64.1 Å². The summed E-state index contributed by atoms with van der Waals surface area (Å²) in [5.74, 6) is -0.117. The standard InChI is InChI=1S/C19H22F2N4O.C14H14F2N4O2.C14H16F2N4.C10H12ClN.C9H10ClNO.C6H4ClNO/c1-5-7-13(4)15-10-14(8-9-22-15)17-16(11-23-25(17)19(20)21)24-18(26)12(3)6-2;1-3-4-9(2)11-7-10(5-6-17-11)13-12(20(21)22)8-18-19(13)14(15)16;1-3-4-9(2)12-7-10(5-6-18-12)13-11(17)8-19-20(13)14(15)16;1-3-4-8(2)10-7-9(11)5-6-12-10;1-2-3-9(12)8-6-7(10)4-5-11-8;7-5-1-2-8-6(3-5)4-9/h5-6,8-13,19H,1-2,7H2,3-4H3,(H,24,26);3,5-9,14H,1,4H2,2H3;3,5-9,14H,1,4,17H2,2H3;3,5-8H,1,4H2,2H3;2,4-6,9,12H,1,3H2;1-4H/t12-,13?;;;;;/m1...../s1. The highest BCUT2D eigenvalue weighted by Gasteiger charge is 2.28. The molecule has 1 amide bonds. The Labute approximate surface area is 597 Å². The largest absolute Gasteiger partial charge is 0.396 e. The highest BCUT2D eigenvalue weighted by atomic mass is 35.5. The zero-order valence-corrected chi connectivity index (χ0v) is 58.3. The molecule has 9 heterocycles. The van der Waals surface area contributed by atoms with Crippen LogP contribution >= 0.6 is 34.8 Å². The number of carbonyl (C=O) groups is 2. The molecule has 0 aliphatic carbocycles. The van der Waals surface area contributed by atoms with E-state index in [2.05, 4.69) is 96.9 Å². The summed E-state index contributed by atoms with van der Waals surface area (Å²) in [6, 6.07) is 19.9. The molecule has 29 heteroatoms. The van der Waals surface area contributed by atoms with Crippen molar-refractivity contribution in [1.82, 2.24) is 59.2 Å². The Hall–Kier alpha value is -10.3. The number of halogens is 9. The third-order valence-corrected chi connectivity index (χ3v) is 15.2. The molecule has 20 nitrogen and oxygen atoms in total. The van der Waals surface area contributed by atoms with E-state index in [1.165, 1.54) is 43.0 Å². The first-order chi connectivity index (χ1) is 48.2. The molecule has 0 bridgehead atoms. The van der Waals surface area contributed by atoms with Crippen molar-refractivity contribution in [1.29, 1.82) is 0 Å². The summed E-state index contributed by atoms with van der Waals surface area (Å²) in [5.41, 5.74) is 11.4. The molecule has 0 aliphatic heterocycles. The lowest BCUT2D eigenvalue weighted by atomic mass is 10.0. The maximum atomic E-state index is 13.4. The number of pyridine rings is 6. The van der Waals surface area contributed by atoms with Crippen LogP contribution < -0.4 is 11.1 Å². The number of carbonyl (C=O) groups excluding carboxylic acids is 2. The lowest BCUT2D eigenvalue weighted by molar-refractivity contribution is -0.384. The van der Waals surface area contributed by atoms with Gasteiger partial charge in [0.2, 0.25) is 5.91 Å². The molecule has 6 atom stereocenters. The number of nitrogen functional groups attached to an aromatic ring is 1. The fraction of sp³-hybridized carbons (Fsp3) is 0.264. The molecule has 9 rings (SSSR count). The molecule has 0 fully saturated rings. The number of aromatic nitrogens is 12. The average Bonchev–Trinajstić information content (AvgIpc) is 1.70. The van der Waals surface area contributed by atoms with E-state index in [1.54, 1.807) is 111 Å². The molecule has 0 aromatic carbocycles. The van der Waals surface area contributed by atoms with Crippen LogP contribution in [0.15, 0.2) is 204 Å². The van der Waals surface area contributed by atoms with Gasteiger partial charge in [-0.15, -0.1) is 39.5 Å². The van der Waals surface area contributed by atoms with Gasteiger partial charge in [0, 0.05) is 115 Å². The van der Waals surface area contributed by atoms with E-state index in [9.17, 15) is 51.2 Å². The number of alkyl halides is 6. The number of anilines is 2. The van der Waals surface area contributed by atoms with Crippen LogP contribution in [0.5, 0.6) is 0 Å². The Morgan fingerprint density at radius 1 is 0.535 bits per heavy atom. The van der Waals surface area contributed by atoms with Gasteiger partial charge in [-0.2, -0.15) is 46.3 Å². The molecule has 0 aliphatic rings. The zero-order valence-electron chi connectivity index (χ0n) is 56.0. The predicted molar refractivity (Wildman–Crippen MR) is 385 cm³/mol. The maximum Gasteiger partial charge on any atom is 0.334 e. The number of hydrogen-bond acceptors (Lipinski definition) is 15. The van der Waals surface area contributed by atoms with Crippen LogP contribution in [0, 0.1) is 16.0 Å². The minimum absolute atomic E-state index is 0.0272. The van der Waals surface area contributed by atoms with Gasteiger partial charge >= 0.3 is 25.3 Å². The van der Waals surface area contributed by atoms with E-state index >= 15 is 0 Å². The van der Waals surface area contributed by atoms with Crippen LogP contribution in [0.25, 0.3) is 33.8 Å². The minimum atomic E-state index is -2.97. The van der Waals surface area contributed by atoms with Crippen molar-refractivity contribution in [2.75, 3.05) is 11.1 Å². The number of nitrogens with one attached hydrogen (secondary N) is 1. The highest BCUT2D eigenvalue weighted by Crippen LogP contribution is 2.36. The summed E-state index contributed by atoms with van der Waals surface area (Å²) >= 11 is 17.1. The zero-order chi connectivity index (χ0) is 74.9. The Bertz CT molecular complexity index is 4130. The number of rotatable bonds is 26. The molecule has 9 aromatic rings. The average molecular weight is 1450 g/mol. The van der Waals surface area contributed by atoms with Crippen molar-refractivity contribution < 1.29 is 46.0 Å². The van der Waals surface area contributed by atoms with Crippen LogP contribution in [0.2, 0.25) is 15.1 Å². The molecular weight excluding hydrogens is 1380 g/mol. The molecule has 0 spiro atoms. The Kier molecular flexibility index (Phi) is 35.1. The number of hydrogen-bond donors (Lipinski definition) is 3. The topological polar surface area (TPSA) is 266 Å². The van der Waals surface area contributed by atoms with E-state index in [-0.39, 0.29) is 57.7 Å². The van der Waals surface area contributed by atoms with Crippen molar-refractivity contribution in [2.45, 2.75) is 116 Å². The smallest absolute Gasteiger partial charge is 0.334 e. The quantitative estimate of drug-likeness (QED) is 0.0150. The molecule has 0 radical (unpaired) electrons. The van der Waals surface area contributed by atoms with Gasteiger partial charge in [-0.3, -0.25) is 49.6 Å². The van der Waals surface area contributed by atoms with Gasteiger partial charge in [0.15, 0.2) is 12.0 Å². The van der Waals surface area contributed by atoms with E-state index in [0.717, 1.165) is 41.1 Å². The fourth-order valence-corrected chi connectivity index (χ4v) is 9.62. The monoisotopic (exact) mass is 1450 g/mol. The molecule has 5 unspecified atom stereocenters. The van der Waals surface area contributed by atoms with Gasteiger partial charge < -0.3 is 16.2 Å². The fourth-order valence-electron chi connectivity index (χ4n) is 9.12. The van der Waals surface area contributed by atoms with Gasteiger partial charge in [0.05, 0.1) is 57.8 Å². The number of aliphatic hydroxyl groups excluding tert-OH is 1. The van der Waals surface area contributed by atoms with Crippen molar-refractivity contribution in [2.24, 2.45) is 5.92 Å². The molecule has 4 N–H and O–H groups in total. The molecule has 9 aromatic heterocycles. The van der Waals surface area contributed by atoms with Crippen molar-refractivity contribution in [3.8, 4) is 33.8 Å². The van der Waals surface area contributed by atoms with Gasteiger partial charge in [0.1, 0.15) is 11.9 Å². The predicted octanol–water partition coefficient (Wildman–Crippen LogP) is 19.6. The third-order valence-electron chi connectivity index (χ3n) is 14.5. The number of aldehydes is 1. The number of allylic oxidation sites excluding steroid dienone is 4. The third kappa shape index (κ3) is 25.8. The van der Waals surface area contributed by atoms with E-state index < -0.39 is 42.3 Å². The minimum Gasteiger partial charge on any atom is -0.396 e. The SMILES string of the molecule is C=CCC(C)c1cc(-c2c(N)cnn2C(F)F)ccn1.C=CCC(C)c1cc(-c2c(NC(=O)[C@H](C)C=C)cnn2C(F)F)ccn1.C=CCC(C)c1cc(-c2c([N+](=O)[O-])cnn2C(F)F)ccn1.C=CCC(C)c1cc(Cl)ccn1.C=CCC(O)c1cc(Cl)ccn1.O=Cc1cc(Cl)ccn1. The first kappa shape index (κ1) is 83.1. The van der Waals surface area contributed by atoms with Crippen LogP contribution in [0.3, 0.4) is 0 Å². The summed E-state index contributed by atoms with van der Waals surface area (Å²) in [7, 11) is 0. The number of nitrogens with zero attached hydrogens (tertiary/aromatic N) is 13. The van der Waals surface area contributed by atoms with Gasteiger partial charge in [0.25, 0.3) is 0 Å². The van der Waals surface area contributed by atoms with Crippen LogP contribution in [-0.4, -0.2) is 81.5 Å².